The van der Waals surface area contributed by atoms with E-state index in [2.05, 4.69) is 20.9 Å². The Morgan fingerprint density at radius 3 is 2.04 bits per heavy atom. The van der Waals surface area contributed by atoms with Crippen molar-refractivity contribution >= 4 is 23.2 Å². The second-order valence-corrected chi connectivity index (χ2v) is 5.55. The zero-order valence-corrected chi connectivity index (χ0v) is 13.9. The fourth-order valence-electron chi connectivity index (χ4n) is 2.34. The zero-order valence-electron chi connectivity index (χ0n) is 13.9. The Kier molecular flexibility index (Phi) is 4.56. The quantitative estimate of drug-likeness (QED) is 0.767. The van der Waals surface area contributed by atoms with Crippen molar-refractivity contribution < 1.29 is 9.59 Å². The summed E-state index contributed by atoms with van der Waals surface area (Å²) >= 11 is 0. The van der Waals surface area contributed by atoms with Gasteiger partial charge in [-0.25, -0.2) is 4.68 Å². The van der Waals surface area contributed by atoms with Crippen molar-refractivity contribution in [3.63, 3.8) is 0 Å². The minimum Gasteiger partial charge on any atom is -0.326 e. The lowest BCUT2D eigenvalue weighted by molar-refractivity contribution is -0.114. The maximum atomic E-state index is 12.3. The van der Waals surface area contributed by atoms with Crippen molar-refractivity contribution in [3.05, 3.63) is 66.0 Å². The van der Waals surface area contributed by atoms with E-state index < -0.39 is 0 Å². The average Bonchev–Trinajstić information content (AvgIpc) is 3.02. The Morgan fingerprint density at radius 1 is 0.920 bits per heavy atom. The molecule has 1 heterocycles. The maximum absolute atomic E-state index is 12.3. The summed E-state index contributed by atoms with van der Waals surface area (Å²) in [7, 11) is 0. The molecular weight excluding hydrogens is 318 g/mol. The van der Waals surface area contributed by atoms with E-state index in [-0.39, 0.29) is 11.8 Å². The van der Waals surface area contributed by atoms with Crippen LogP contribution in [0, 0.1) is 6.92 Å². The molecule has 0 unspecified atom stereocenters. The third-order valence-electron chi connectivity index (χ3n) is 3.56. The van der Waals surface area contributed by atoms with Gasteiger partial charge in [-0.15, -0.1) is 5.10 Å². The number of aryl methyl sites for hydroxylation is 1. The van der Waals surface area contributed by atoms with Gasteiger partial charge < -0.3 is 10.6 Å². The number of aromatic nitrogens is 3. The van der Waals surface area contributed by atoms with Gasteiger partial charge in [0.15, 0.2) is 0 Å². The van der Waals surface area contributed by atoms with Gasteiger partial charge in [0.25, 0.3) is 5.91 Å². The number of rotatable bonds is 4. The van der Waals surface area contributed by atoms with E-state index in [1.165, 1.54) is 6.92 Å². The first-order chi connectivity index (χ1) is 12.0. The van der Waals surface area contributed by atoms with Crippen LogP contribution in [-0.4, -0.2) is 26.8 Å². The highest BCUT2D eigenvalue weighted by Gasteiger charge is 2.08. The molecule has 7 nitrogen and oxygen atoms in total. The van der Waals surface area contributed by atoms with Gasteiger partial charge in [-0.2, -0.15) is 0 Å². The Labute approximate surface area is 144 Å². The Hall–Kier alpha value is -3.48. The molecule has 0 spiro atoms. The second kappa shape index (κ2) is 6.96. The lowest BCUT2D eigenvalue weighted by atomic mass is 10.2. The summed E-state index contributed by atoms with van der Waals surface area (Å²) in [6.45, 7) is 3.35. The third-order valence-corrected chi connectivity index (χ3v) is 3.56. The number of carbonyl (C=O) groups is 2. The molecule has 2 amide bonds. The Bertz CT molecular complexity index is 898. The van der Waals surface area contributed by atoms with Crippen molar-refractivity contribution in [2.24, 2.45) is 0 Å². The molecule has 0 saturated heterocycles. The summed E-state index contributed by atoms with van der Waals surface area (Å²) in [6.07, 6.45) is 1.67. The zero-order chi connectivity index (χ0) is 17.8. The molecule has 25 heavy (non-hydrogen) atoms. The number of nitrogens with one attached hydrogen (secondary N) is 2. The monoisotopic (exact) mass is 335 g/mol. The van der Waals surface area contributed by atoms with Crippen LogP contribution in [0.25, 0.3) is 5.69 Å². The van der Waals surface area contributed by atoms with Crippen molar-refractivity contribution in [3.8, 4) is 5.69 Å². The fourth-order valence-corrected chi connectivity index (χ4v) is 2.34. The molecule has 0 aliphatic heterocycles. The highest BCUT2D eigenvalue weighted by Crippen LogP contribution is 2.16. The van der Waals surface area contributed by atoms with Gasteiger partial charge in [-0.05, 0) is 55.5 Å². The van der Waals surface area contributed by atoms with Gasteiger partial charge >= 0.3 is 0 Å². The molecule has 126 valence electrons. The van der Waals surface area contributed by atoms with E-state index in [0.717, 1.165) is 11.4 Å². The smallest absolute Gasteiger partial charge is 0.255 e. The fraction of sp³-hybridized carbons (Fsp3) is 0.111. The summed E-state index contributed by atoms with van der Waals surface area (Å²) in [5.41, 5.74) is 3.61. The topological polar surface area (TPSA) is 88.9 Å². The SMILES string of the molecule is CC(=O)Nc1ccc(NC(=O)c2ccc(-n3nncc3C)cc2)cc1. The highest BCUT2D eigenvalue weighted by molar-refractivity contribution is 6.04. The van der Waals surface area contributed by atoms with Crippen LogP contribution in [0.5, 0.6) is 0 Å². The first kappa shape index (κ1) is 16.4. The van der Waals surface area contributed by atoms with E-state index >= 15 is 0 Å². The first-order valence-corrected chi connectivity index (χ1v) is 7.70. The number of carbonyl (C=O) groups excluding carboxylic acids is 2. The van der Waals surface area contributed by atoms with Gasteiger partial charge in [0.05, 0.1) is 17.6 Å². The molecule has 0 bridgehead atoms. The van der Waals surface area contributed by atoms with Crippen LogP contribution in [0.2, 0.25) is 0 Å². The van der Waals surface area contributed by atoms with E-state index in [1.54, 1.807) is 47.3 Å². The molecule has 0 saturated carbocycles. The van der Waals surface area contributed by atoms with E-state index in [0.29, 0.717) is 16.9 Å². The predicted octanol–water partition coefficient (Wildman–Crippen LogP) is 2.79. The lowest BCUT2D eigenvalue weighted by Gasteiger charge is -2.08. The number of hydrogen-bond donors (Lipinski definition) is 2. The van der Waals surface area contributed by atoms with Crippen molar-refractivity contribution in [1.82, 2.24) is 15.0 Å². The summed E-state index contributed by atoms with van der Waals surface area (Å²) in [6, 6.07) is 14.0. The molecule has 0 radical (unpaired) electrons. The average molecular weight is 335 g/mol. The molecular formula is C18H17N5O2. The van der Waals surface area contributed by atoms with Gasteiger partial charge in [-0.1, -0.05) is 5.21 Å². The van der Waals surface area contributed by atoms with Crippen LogP contribution >= 0.6 is 0 Å². The van der Waals surface area contributed by atoms with Crippen LogP contribution in [0.1, 0.15) is 23.0 Å². The first-order valence-electron chi connectivity index (χ1n) is 7.70. The third kappa shape index (κ3) is 3.89. The Balaban J connectivity index is 1.69. The van der Waals surface area contributed by atoms with Crippen LogP contribution in [0.15, 0.2) is 54.7 Å². The van der Waals surface area contributed by atoms with Crippen LogP contribution in [0.4, 0.5) is 11.4 Å². The number of hydrogen-bond acceptors (Lipinski definition) is 4. The molecule has 3 rings (SSSR count). The number of amides is 2. The molecule has 2 N–H and O–H groups in total. The van der Waals surface area contributed by atoms with Gasteiger partial charge in [0.1, 0.15) is 0 Å². The van der Waals surface area contributed by atoms with E-state index in [1.807, 2.05) is 19.1 Å². The standard InChI is InChI=1S/C18H17N5O2/c1-12-11-19-22-23(12)17-9-3-14(4-10-17)18(25)21-16-7-5-15(6-8-16)20-13(2)24/h3-11H,1-2H3,(H,20,24)(H,21,25). The molecule has 0 aliphatic rings. The molecule has 0 fully saturated rings. The molecule has 7 heteroatoms. The second-order valence-electron chi connectivity index (χ2n) is 5.55. The summed E-state index contributed by atoms with van der Waals surface area (Å²) in [5, 5.41) is 13.3. The molecule has 3 aromatic rings. The number of nitrogens with zero attached hydrogens (tertiary/aromatic N) is 3. The number of benzene rings is 2. The normalized spacial score (nSPS) is 10.3. The highest BCUT2D eigenvalue weighted by atomic mass is 16.2. The summed E-state index contributed by atoms with van der Waals surface area (Å²) < 4.78 is 1.70. The summed E-state index contributed by atoms with van der Waals surface area (Å²) in [5.74, 6) is -0.353. The summed E-state index contributed by atoms with van der Waals surface area (Å²) in [4.78, 5) is 23.3. The van der Waals surface area contributed by atoms with Crippen molar-refractivity contribution in [1.29, 1.82) is 0 Å². The molecule has 0 aliphatic carbocycles. The van der Waals surface area contributed by atoms with E-state index in [9.17, 15) is 9.59 Å². The van der Waals surface area contributed by atoms with Gasteiger partial charge in [0.2, 0.25) is 5.91 Å². The lowest BCUT2D eigenvalue weighted by Crippen LogP contribution is -2.12. The van der Waals surface area contributed by atoms with Crippen LogP contribution in [0.3, 0.4) is 0 Å². The van der Waals surface area contributed by atoms with Crippen molar-refractivity contribution in [2.75, 3.05) is 10.6 Å². The maximum Gasteiger partial charge on any atom is 0.255 e. The van der Waals surface area contributed by atoms with Crippen LogP contribution in [-0.2, 0) is 4.79 Å². The molecule has 2 aromatic carbocycles. The van der Waals surface area contributed by atoms with Gasteiger partial charge in [-0.3, -0.25) is 9.59 Å². The molecule has 0 atom stereocenters. The minimum atomic E-state index is -0.214. The largest absolute Gasteiger partial charge is 0.326 e. The van der Waals surface area contributed by atoms with Crippen molar-refractivity contribution in [2.45, 2.75) is 13.8 Å². The van der Waals surface area contributed by atoms with Gasteiger partial charge in [0, 0.05) is 23.9 Å². The molecule has 1 aromatic heterocycles. The van der Waals surface area contributed by atoms with Crippen LogP contribution < -0.4 is 10.6 Å². The Morgan fingerprint density at radius 2 is 1.52 bits per heavy atom. The van der Waals surface area contributed by atoms with E-state index in [4.69, 9.17) is 0 Å². The predicted molar refractivity (Wildman–Crippen MR) is 94.8 cm³/mol. The number of anilines is 2. The minimum absolute atomic E-state index is 0.139.